The molecule has 2 aromatic heterocycles. The first-order valence-corrected chi connectivity index (χ1v) is 6.81. The Labute approximate surface area is 118 Å². The number of benzene rings is 1. The third-order valence-corrected chi connectivity index (χ3v) is 3.99. The van der Waals surface area contributed by atoms with Crippen molar-refractivity contribution < 1.29 is 8.78 Å². The van der Waals surface area contributed by atoms with Gasteiger partial charge < -0.3 is 4.90 Å². The maximum absolute atomic E-state index is 13.6. The van der Waals surface area contributed by atoms with Crippen molar-refractivity contribution in [1.82, 2.24) is 9.97 Å². The molecule has 3 rings (SSSR count). The maximum Gasteiger partial charge on any atom is 0.186 e. The van der Waals surface area contributed by atoms with Crippen molar-refractivity contribution in [3.63, 3.8) is 0 Å². The van der Waals surface area contributed by atoms with E-state index in [-0.39, 0.29) is 5.52 Å². The standard InChI is InChI=1S/C14H11F2N3S/c1-19(8-9-3-2-4-17-7-9)14-18-13-11(16)5-10(15)6-12(13)20-14/h2-7H,8H2,1H3. The molecular weight excluding hydrogens is 280 g/mol. The van der Waals surface area contributed by atoms with Crippen LogP contribution in [0.15, 0.2) is 36.7 Å². The van der Waals surface area contributed by atoms with E-state index in [0.717, 1.165) is 11.6 Å². The summed E-state index contributed by atoms with van der Waals surface area (Å²) < 4.78 is 27.3. The second-order valence-corrected chi connectivity index (χ2v) is 5.46. The minimum atomic E-state index is -0.628. The van der Waals surface area contributed by atoms with Crippen LogP contribution in [0.25, 0.3) is 10.2 Å². The molecule has 6 heteroatoms. The summed E-state index contributed by atoms with van der Waals surface area (Å²) in [4.78, 5) is 10.2. The Hall–Kier alpha value is -2.08. The highest BCUT2D eigenvalue weighted by Gasteiger charge is 2.13. The zero-order valence-electron chi connectivity index (χ0n) is 10.7. The Morgan fingerprint density at radius 2 is 2.15 bits per heavy atom. The molecular formula is C14H11F2N3S. The van der Waals surface area contributed by atoms with Gasteiger partial charge in [0.1, 0.15) is 11.3 Å². The van der Waals surface area contributed by atoms with Gasteiger partial charge in [0.25, 0.3) is 0 Å². The number of pyridine rings is 1. The molecule has 3 aromatic rings. The average Bonchev–Trinajstić information content (AvgIpc) is 2.84. The molecule has 0 aliphatic heterocycles. The van der Waals surface area contributed by atoms with Crippen LogP contribution in [0.3, 0.4) is 0 Å². The van der Waals surface area contributed by atoms with Crippen molar-refractivity contribution in [3.05, 3.63) is 53.9 Å². The van der Waals surface area contributed by atoms with E-state index in [9.17, 15) is 8.78 Å². The van der Waals surface area contributed by atoms with Gasteiger partial charge >= 0.3 is 0 Å². The van der Waals surface area contributed by atoms with Crippen LogP contribution in [0.5, 0.6) is 0 Å². The van der Waals surface area contributed by atoms with E-state index >= 15 is 0 Å². The molecule has 0 amide bonds. The monoisotopic (exact) mass is 291 g/mol. The molecule has 0 N–H and O–H groups in total. The van der Waals surface area contributed by atoms with Gasteiger partial charge in [0.2, 0.25) is 0 Å². The van der Waals surface area contributed by atoms with Gasteiger partial charge in [-0.3, -0.25) is 4.98 Å². The Balaban J connectivity index is 1.92. The molecule has 3 nitrogen and oxygen atoms in total. The van der Waals surface area contributed by atoms with Gasteiger partial charge in [-0.2, -0.15) is 0 Å². The predicted octanol–water partition coefficient (Wildman–Crippen LogP) is 3.61. The van der Waals surface area contributed by atoms with Gasteiger partial charge in [-0.1, -0.05) is 17.4 Å². The molecule has 0 saturated heterocycles. The minimum Gasteiger partial charge on any atom is -0.347 e. The molecule has 1 aromatic carbocycles. The Morgan fingerprint density at radius 3 is 2.90 bits per heavy atom. The number of hydrogen-bond acceptors (Lipinski definition) is 4. The van der Waals surface area contributed by atoms with E-state index in [1.807, 2.05) is 24.1 Å². The van der Waals surface area contributed by atoms with Crippen molar-refractivity contribution >= 4 is 26.7 Å². The fraction of sp³-hybridized carbons (Fsp3) is 0.143. The summed E-state index contributed by atoms with van der Waals surface area (Å²) in [7, 11) is 1.86. The number of rotatable bonds is 3. The highest BCUT2D eigenvalue weighted by molar-refractivity contribution is 7.22. The number of aromatic nitrogens is 2. The molecule has 102 valence electrons. The summed E-state index contributed by atoms with van der Waals surface area (Å²) in [5.41, 5.74) is 1.24. The Kier molecular flexibility index (Phi) is 3.31. The van der Waals surface area contributed by atoms with Crippen LogP contribution >= 0.6 is 11.3 Å². The number of nitrogens with zero attached hydrogens (tertiary/aromatic N) is 3. The molecule has 0 radical (unpaired) electrons. The first-order valence-electron chi connectivity index (χ1n) is 5.99. The van der Waals surface area contributed by atoms with E-state index in [1.165, 1.54) is 17.4 Å². The lowest BCUT2D eigenvalue weighted by Gasteiger charge is -2.14. The van der Waals surface area contributed by atoms with Crippen LogP contribution in [0.4, 0.5) is 13.9 Å². The number of fused-ring (bicyclic) bond motifs is 1. The van der Waals surface area contributed by atoms with Crippen LogP contribution in [-0.4, -0.2) is 17.0 Å². The van der Waals surface area contributed by atoms with Gasteiger partial charge in [-0.15, -0.1) is 0 Å². The zero-order valence-corrected chi connectivity index (χ0v) is 11.5. The molecule has 0 aliphatic rings. The number of hydrogen-bond donors (Lipinski definition) is 0. The fourth-order valence-corrected chi connectivity index (χ4v) is 2.91. The normalized spacial score (nSPS) is 10.9. The summed E-state index contributed by atoms with van der Waals surface area (Å²) >= 11 is 1.27. The van der Waals surface area contributed by atoms with E-state index in [2.05, 4.69) is 9.97 Å². The van der Waals surface area contributed by atoms with E-state index in [4.69, 9.17) is 0 Å². The summed E-state index contributed by atoms with van der Waals surface area (Å²) in [6.07, 6.45) is 3.48. The second-order valence-electron chi connectivity index (χ2n) is 4.45. The lowest BCUT2D eigenvalue weighted by atomic mass is 10.3. The van der Waals surface area contributed by atoms with Crippen LogP contribution in [0, 0.1) is 11.6 Å². The van der Waals surface area contributed by atoms with Gasteiger partial charge in [0, 0.05) is 32.1 Å². The molecule has 0 spiro atoms. The van der Waals surface area contributed by atoms with Crippen molar-refractivity contribution in [1.29, 1.82) is 0 Å². The first-order chi connectivity index (χ1) is 9.63. The van der Waals surface area contributed by atoms with Crippen molar-refractivity contribution in [2.45, 2.75) is 6.54 Å². The Morgan fingerprint density at radius 1 is 1.30 bits per heavy atom. The van der Waals surface area contributed by atoms with Crippen molar-refractivity contribution in [2.24, 2.45) is 0 Å². The maximum atomic E-state index is 13.6. The van der Waals surface area contributed by atoms with E-state index < -0.39 is 11.6 Å². The summed E-state index contributed by atoms with van der Waals surface area (Å²) in [6, 6.07) is 5.97. The Bertz CT molecular complexity index is 743. The molecule has 0 unspecified atom stereocenters. The molecule has 0 fully saturated rings. The van der Waals surface area contributed by atoms with E-state index in [1.54, 1.807) is 12.4 Å². The highest BCUT2D eigenvalue weighted by Crippen LogP contribution is 2.31. The predicted molar refractivity (Wildman–Crippen MR) is 75.9 cm³/mol. The topological polar surface area (TPSA) is 29.0 Å². The van der Waals surface area contributed by atoms with Crippen LogP contribution < -0.4 is 4.90 Å². The van der Waals surface area contributed by atoms with Crippen LogP contribution in [-0.2, 0) is 6.54 Å². The average molecular weight is 291 g/mol. The molecule has 20 heavy (non-hydrogen) atoms. The first kappa shape index (κ1) is 12.9. The smallest absolute Gasteiger partial charge is 0.186 e. The number of halogens is 2. The van der Waals surface area contributed by atoms with Crippen molar-refractivity contribution in [3.8, 4) is 0 Å². The largest absolute Gasteiger partial charge is 0.347 e. The fourth-order valence-electron chi connectivity index (χ4n) is 1.94. The summed E-state index contributed by atoms with van der Waals surface area (Å²) in [5, 5.41) is 0.647. The van der Waals surface area contributed by atoms with Gasteiger partial charge in [-0.05, 0) is 17.7 Å². The second kappa shape index (κ2) is 5.13. The summed E-state index contributed by atoms with van der Waals surface area (Å²) in [5.74, 6) is -1.21. The van der Waals surface area contributed by atoms with Crippen molar-refractivity contribution in [2.75, 3.05) is 11.9 Å². The lowest BCUT2D eigenvalue weighted by Crippen LogP contribution is -2.16. The zero-order chi connectivity index (χ0) is 14.1. The number of thiazole rings is 1. The third-order valence-electron chi connectivity index (χ3n) is 2.87. The lowest BCUT2D eigenvalue weighted by molar-refractivity contribution is 0.591. The molecule has 2 heterocycles. The minimum absolute atomic E-state index is 0.212. The number of anilines is 1. The third kappa shape index (κ3) is 2.46. The summed E-state index contributed by atoms with van der Waals surface area (Å²) in [6.45, 7) is 0.609. The molecule has 0 aliphatic carbocycles. The van der Waals surface area contributed by atoms with Gasteiger partial charge in [0.15, 0.2) is 10.9 Å². The van der Waals surface area contributed by atoms with Crippen LogP contribution in [0.2, 0.25) is 0 Å². The van der Waals surface area contributed by atoms with Gasteiger partial charge in [0.05, 0.1) is 4.70 Å². The van der Waals surface area contributed by atoms with Gasteiger partial charge in [-0.25, -0.2) is 13.8 Å². The quantitative estimate of drug-likeness (QED) is 0.738. The van der Waals surface area contributed by atoms with Crippen LogP contribution in [0.1, 0.15) is 5.56 Å². The highest BCUT2D eigenvalue weighted by atomic mass is 32.1. The molecule has 0 saturated carbocycles. The van der Waals surface area contributed by atoms with E-state index in [0.29, 0.717) is 16.4 Å². The SMILES string of the molecule is CN(Cc1cccnc1)c1nc2c(F)cc(F)cc2s1. The molecule has 0 atom stereocenters. The molecule has 0 bridgehead atoms.